The average Bonchev–Trinajstić information content (AvgIpc) is 2.80. The number of fused-ring (bicyclic) bond motifs is 1. The van der Waals surface area contributed by atoms with Gasteiger partial charge in [0, 0.05) is 5.41 Å². The van der Waals surface area contributed by atoms with Crippen molar-refractivity contribution in [1.82, 2.24) is 0 Å². The molecular weight excluding hydrogens is 256 g/mol. The van der Waals surface area contributed by atoms with Crippen molar-refractivity contribution < 1.29 is 8.42 Å². The van der Waals surface area contributed by atoms with Crippen LogP contribution in [0.1, 0.15) is 26.2 Å². The highest BCUT2D eigenvalue weighted by Gasteiger charge is 2.42. The quantitative estimate of drug-likeness (QED) is 0.773. The largest absolute Gasteiger partial charge is 0.223 e. The van der Waals surface area contributed by atoms with E-state index in [9.17, 15) is 8.42 Å². The van der Waals surface area contributed by atoms with Crippen LogP contribution < -0.4 is 0 Å². The van der Waals surface area contributed by atoms with E-state index in [1.54, 1.807) is 24.3 Å². The van der Waals surface area contributed by atoms with E-state index in [0.29, 0.717) is 11.3 Å². The Bertz CT molecular complexity index is 641. The average molecular weight is 274 g/mol. The van der Waals surface area contributed by atoms with Crippen LogP contribution in [0.5, 0.6) is 0 Å². The second-order valence-electron chi connectivity index (χ2n) is 5.60. The van der Waals surface area contributed by atoms with E-state index in [-0.39, 0.29) is 10.7 Å². The second-order valence-corrected chi connectivity index (χ2v) is 7.73. The van der Waals surface area contributed by atoms with Gasteiger partial charge < -0.3 is 0 Å². The van der Waals surface area contributed by atoms with Gasteiger partial charge in [-0.25, -0.2) is 8.42 Å². The lowest BCUT2D eigenvalue weighted by atomic mass is 9.77. The van der Waals surface area contributed by atoms with Gasteiger partial charge in [-0.05, 0) is 37.0 Å². The molecule has 2 aliphatic carbocycles. The minimum absolute atomic E-state index is 0.0508. The lowest BCUT2D eigenvalue weighted by Crippen LogP contribution is -2.32. The molecule has 0 heterocycles. The molecule has 100 valence electrons. The Kier molecular flexibility index (Phi) is 2.90. The van der Waals surface area contributed by atoms with Gasteiger partial charge >= 0.3 is 0 Å². The number of sulfone groups is 1. The van der Waals surface area contributed by atoms with E-state index < -0.39 is 9.84 Å². The predicted molar refractivity (Wildman–Crippen MR) is 76.6 cm³/mol. The van der Waals surface area contributed by atoms with E-state index in [2.05, 4.69) is 19.1 Å². The second kappa shape index (κ2) is 4.34. The first-order valence-electron chi connectivity index (χ1n) is 6.71. The summed E-state index contributed by atoms with van der Waals surface area (Å²) in [5.74, 6) is 0. The smallest absolute Gasteiger partial charge is 0.185 e. The zero-order valence-electron chi connectivity index (χ0n) is 11.0. The minimum atomic E-state index is -3.27. The van der Waals surface area contributed by atoms with Crippen LogP contribution in [0.25, 0.3) is 0 Å². The molecule has 0 saturated heterocycles. The van der Waals surface area contributed by atoms with Gasteiger partial charge in [-0.15, -0.1) is 0 Å². The van der Waals surface area contributed by atoms with E-state index in [1.165, 1.54) is 0 Å². The van der Waals surface area contributed by atoms with Crippen molar-refractivity contribution in [2.75, 3.05) is 0 Å². The van der Waals surface area contributed by atoms with Gasteiger partial charge in [0.05, 0.1) is 10.1 Å². The third kappa shape index (κ3) is 1.96. The topological polar surface area (TPSA) is 34.1 Å². The molecule has 0 aromatic heterocycles. The van der Waals surface area contributed by atoms with Crippen molar-refractivity contribution in [3.8, 4) is 0 Å². The molecule has 3 heteroatoms. The van der Waals surface area contributed by atoms with Crippen molar-refractivity contribution in [1.29, 1.82) is 0 Å². The lowest BCUT2D eigenvalue weighted by Gasteiger charge is -2.33. The van der Waals surface area contributed by atoms with Gasteiger partial charge in [-0.1, -0.05) is 43.4 Å². The molecule has 1 aromatic carbocycles. The van der Waals surface area contributed by atoms with E-state index in [1.807, 2.05) is 12.1 Å². The fourth-order valence-electron chi connectivity index (χ4n) is 3.23. The number of benzene rings is 1. The number of hydrogen-bond acceptors (Lipinski definition) is 2. The highest BCUT2D eigenvalue weighted by Crippen LogP contribution is 2.47. The Balaban J connectivity index is 2.06. The third-order valence-electron chi connectivity index (χ3n) is 4.32. The fourth-order valence-corrected chi connectivity index (χ4v) is 5.16. The number of hydrogen-bond donors (Lipinski definition) is 0. The molecule has 0 fully saturated rings. The van der Waals surface area contributed by atoms with Gasteiger partial charge in [0.15, 0.2) is 9.84 Å². The summed E-state index contributed by atoms with van der Waals surface area (Å²) in [6.45, 7) is 2.15. The molecule has 0 N–H and O–H groups in total. The summed E-state index contributed by atoms with van der Waals surface area (Å²) in [5.41, 5.74) is 1.05. The maximum absolute atomic E-state index is 12.8. The molecule has 2 aliphatic rings. The van der Waals surface area contributed by atoms with Crippen molar-refractivity contribution in [2.45, 2.75) is 36.3 Å². The maximum atomic E-state index is 12.8. The minimum Gasteiger partial charge on any atom is -0.223 e. The molecule has 0 bridgehead atoms. The molecule has 0 unspecified atom stereocenters. The van der Waals surface area contributed by atoms with Gasteiger partial charge in [0.1, 0.15) is 0 Å². The van der Waals surface area contributed by atoms with Crippen LogP contribution in [0, 0.1) is 5.41 Å². The zero-order valence-corrected chi connectivity index (χ0v) is 11.9. The van der Waals surface area contributed by atoms with Gasteiger partial charge in [0.2, 0.25) is 0 Å². The predicted octanol–water partition coefficient (Wildman–Crippen LogP) is 3.52. The molecule has 0 spiro atoms. The summed E-state index contributed by atoms with van der Waals surface area (Å²) in [7, 11) is -3.27. The molecule has 1 aromatic rings. The van der Waals surface area contributed by atoms with Gasteiger partial charge in [0.25, 0.3) is 0 Å². The first kappa shape index (κ1) is 12.7. The summed E-state index contributed by atoms with van der Waals surface area (Å²) < 4.78 is 25.6. The molecule has 19 heavy (non-hydrogen) atoms. The Morgan fingerprint density at radius 2 is 1.95 bits per heavy atom. The first-order chi connectivity index (χ1) is 9.04. The van der Waals surface area contributed by atoms with E-state index >= 15 is 0 Å². The highest BCUT2D eigenvalue weighted by molar-refractivity contribution is 7.92. The summed E-state index contributed by atoms with van der Waals surface area (Å²) in [5, 5.41) is -0.382. The van der Waals surface area contributed by atoms with Crippen LogP contribution in [0.4, 0.5) is 0 Å². The monoisotopic (exact) mass is 274 g/mol. The fraction of sp³-hybridized carbons (Fsp3) is 0.375. The Morgan fingerprint density at radius 3 is 2.68 bits per heavy atom. The van der Waals surface area contributed by atoms with E-state index in [4.69, 9.17) is 0 Å². The zero-order chi connectivity index (χ0) is 13.5. The highest BCUT2D eigenvalue weighted by atomic mass is 32.2. The SMILES string of the molecule is C[C@@]12C=CC[C@@H](S(=O)(=O)c3ccccc3)C1=CCC2. The van der Waals surface area contributed by atoms with Crippen molar-refractivity contribution in [3.05, 3.63) is 54.1 Å². The Labute approximate surface area is 114 Å². The molecular formula is C16H18O2S. The standard InChI is InChI=1S/C16H18O2S/c1-16-11-5-9-14(16)15(10-6-12-16)19(17,18)13-7-3-2-4-8-13/h2-4,6-9,12,15H,5,10-11H2,1H3/t15-,16-/m1/s1. The molecule has 0 radical (unpaired) electrons. The molecule has 2 nitrogen and oxygen atoms in total. The molecule has 0 saturated carbocycles. The summed E-state index contributed by atoms with van der Waals surface area (Å²) >= 11 is 0. The third-order valence-corrected chi connectivity index (χ3v) is 6.44. The molecule has 3 rings (SSSR count). The van der Waals surface area contributed by atoms with Crippen molar-refractivity contribution >= 4 is 9.84 Å². The number of rotatable bonds is 2. The summed E-state index contributed by atoms with van der Waals surface area (Å²) in [6.07, 6.45) is 8.96. The number of allylic oxidation sites excluding steroid dienone is 3. The Morgan fingerprint density at radius 1 is 1.21 bits per heavy atom. The lowest BCUT2D eigenvalue weighted by molar-refractivity contribution is 0.472. The van der Waals surface area contributed by atoms with Crippen LogP contribution in [0.2, 0.25) is 0 Å². The Hall–Kier alpha value is -1.35. The van der Waals surface area contributed by atoms with Crippen molar-refractivity contribution in [2.24, 2.45) is 5.41 Å². The normalized spacial score (nSPS) is 29.9. The van der Waals surface area contributed by atoms with Crippen LogP contribution >= 0.6 is 0 Å². The van der Waals surface area contributed by atoms with Gasteiger partial charge in [-0.2, -0.15) is 0 Å². The van der Waals surface area contributed by atoms with Crippen molar-refractivity contribution in [3.63, 3.8) is 0 Å². The summed E-state index contributed by atoms with van der Waals surface area (Å²) in [6, 6.07) is 8.81. The van der Waals surface area contributed by atoms with Crippen LogP contribution in [0.3, 0.4) is 0 Å². The molecule has 2 atom stereocenters. The van der Waals surface area contributed by atoms with Gasteiger partial charge in [-0.3, -0.25) is 0 Å². The van der Waals surface area contributed by atoms with Crippen LogP contribution in [-0.2, 0) is 9.84 Å². The first-order valence-corrected chi connectivity index (χ1v) is 8.26. The summed E-state index contributed by atoms with van der Waals surface area (Å²) in [4.78, 5) is 0.436. The van der Waals surface area contributed by atoms with E-state index in [0.717, 1.165) is 18.4 Å². The van der Waals surface area contributed by atoms with Crippen LogP contribution in [0.15, 0.2) is 59.0 Å². The molecule has 0 amide bonds. The van der Waals surface area contributed by atoms with Crippen LogP contribution in [-0.4, -0.2) is 13.7 Å². The maximum Gasteiger partial charge on any atom is 0.185 e. The molecule has 0 aliphatic heterocycles.